The molecule has 0 saturated carbocycles. The smallest absolute Gasteiger partial charge is 0.303 e. The van der Waals surface area contributed by atoms with E-state index in [1.54, 1.807) is 37.4 Å². The summed E-state index contributed by atoms with van der Waals surface area (Å²) in [5.41, 5.74) is 3.22. The van der Waals surface area contributed by atoms with E-state index in [0.717, 1.165) is 16.7 Å². The highest BCUT2D eigenvalue weighted by molar-refractivity contribution is 7.93. The first kappa shape index (κ1) is 29.0. The molecule has 3 N–H and O–H groups in total. The van der Waals surface area contributed by atoms with Crippen LogP contribution < -0.4 is 14.9 Å². The van der Waals surface area contributed by atoms with Crippen LogP contribution in [0.3, 0.4) is 0 Å². The van der Waals surface area contributed by atoms with Gasteiger partial charge in [0.05, 0.1) is 23.5 Å². The van der Waals surface area contributed by atoms with Gasteiger partial charge in [0.2, 0.25) is 0 Å². The maximum absolute atomic E-state index is 13.9. The maximum Gasteiger partial charge on any atom is 0.303 e. The van der Waals surface area contributed by atoms with Gasteiger partial charge in [-0.15, -0.1) is 0 Å². The number of carboxylic acids is 1. The zero-order valence-corrected chi connectivity index (χ0v) is 23.0. The van der Waals surface area contributed by atoms with Crippen molar-refractivity contribution < 1.29 is 23.1 Å². The third kappa shape index (κ3) is 7.72. The van der Waals surface area contributed by atoms with Crippen LogP contribution in [-0.2, 0) is 21.2 Å². The van der Waals surface area contributed by atoms with Gasteiger partial charge < -0.3 is 15.7 Å². The number of carbonyl (C=O) groups is 1. The summed E-state index contributed by atoms with van der Waals surface area (Å²) in [4.78, 5) is 11.0. The molecule has 0 amide bonds. The van der Waals surface area contributed by atoms with Crippen LogP contribution in [0.15, 0.2) is 76.7 Å². The third-order valence-corrected chi connectivity index (χ3v) is 8.38. The van der Waals surface area contributed by atoms with Crippen LogP contribution in [0.5, 0.6) is 5.75 Å². The first-order valence-electron chi connectivity index (χ1n) is 12.2. The van der Waals surface area contributed by atoms with Crippen LogP contribution >= 0.6 is 11.6 Å². The van der Waals surface area contributed by atoms with Gasteiger partial charge in [-0.25, -0.2) is 8.42 Å². The molecule has 3 aromatic rings. The fourth-order valence-corrected chi connectivity index (χ4v) is 6.31. The highest BCUT2D eigenvalue weighted by atomic mass is 35.5. The van der Waals surface area contributed by atoms with Crippen LogP contribution in [0.2, 0.25) is 5.02 Å². The first-order chi connectivity index (χ1) is 18.1. The lowest BCUT2D eigenvalue weighted by Gasteiger charge is -2.31. The van der Waals surface area contributed by atoms with E-state index in [4.69, 9.17) is 27.3 Å². The Hall–Kier alpha value is -3.56. The van der Waals surface area contributed by atoms with Crippen molar-refractivity contribution in [2.45, 2.75) is 50.5 Å². The summed E-state index contributed by atoms with van der Waals surface area (Å²) >= 11 is 6.29. The summed E-state index contributed by atoms with van der Waals surface area (Å²) in [6, 6.07) is 18.8. The topological polar surface area (TPSA) is 122 Å². The number of rotatable bonds is 13. The molecule has 0 aliphatic rings. The number of hydrazone groups is 1. The molecule has 38 heavy (non-hydrogen) atoms. The predicted octanol–water partition coefficient (Wildman–Crippen LogP) is 5.40. The Balaban J connectivity index is 1.87. The van der Waals surface area contributed by atoms with E-state index in [1.807, 2.05) is 37.3 Å². The molecule has 3 aromatic carbocycles. The molecule has 202 valence electrons. The number of halogens is 1. The van der Waals surface area contributed by atoms with Gasteiger partial charge in [-0.3, -0.25) is 9.10 Å². The fraction of sp³-hybridized carbons (Fsp3) is 0.286. The Kier molecular flexibility index (Phi) is 10.2. The molecule has 0 aliphatic carbocycles. The molecule has 0 aromatic heterocycles. The Bertz CT molecular complexity index is 1380. The van der Waals surface area contributed by atoms with Crippen molar-refractivity contribution in [2.24, 2.45) is 10.9 Å². The summed E-state index contributed by atoms with van der Waals surface area (Å²) in [5.74, 6) is 4.80. The molecule has 0 heterocycles. The number of carboxylic acid groups (broad SMARTS) is 1. The van der Waals surface area contributed by atoms with Gasteiger partial charge in [0, 0.05) is 24.9 Å². The lowest BCUT2D eigenvalue weighted by atomic mass is 10.1. The van der Waals surface area contributed by atoms with Crippen molar-refractivity contribution in [3.63, 3.8) is 0 Å². The SMILES string of the molecule is Cc1cc(OCCc2ccc(C=NN)cc2)cc(N(C(C)CCCC(=O)O)S(=O)(=O)c2ccccc2Cl)c1. The molecule has 1 atom stereocenters. The zero-order valence-electron chi connectivity index (χ0n) is 21.4. The Morgan fingerprint density at radius 2 is 1.87 bits per heavy atom. The molecular formula is C28H32ClN3O5S. The van der Waals surface area contributed by atoms with Crippen molar-refractivity contribution in [3.8, 4) is 5.75 Å². The van der Waals surface area contributed by atoms with Crippen molar-refractivity contribution in [1.82, 2.24) is 0 Å². The number of benzene rings is 3. The number of aryl methyl sites for hydroxylation is 1. The van der Waals surface area contributed by atoms with E-state index >= 15 is 0 Å². The van der Waals surface area contributed by atoms with Gasteiger partial charge in [-0.2, -0.15) is 5.10 Å². The average molecular weight is 558 g/mol. The average Bonchev–Trinajstić information content (AvgIpc) is 2.85. The van der Waals surface area contributed by atoms with Gasteiger partial charge in [-0.05, 0) is 67.6 Å². The standard InChI is InChI=1S/C28H32ClN3O5S/c1-20-16-24(18-25(17-20)37-15-14-22-10-12-23(13-11-22)19-31-30)32(21(2)6-5-9-28(33)34)38(35,36)27-8-4-3-7-26(27)29/h3-4,7-8,10-13,16-19,21H,5-6,9,14-15,30H2,1-2H3,(H,33,34). The molecule has 1 unspecified atom stereocenters. The molecule has 3 rings (SSSR count). The van der Waals surface area contributed by atoms with Crippen molar-refractivity contribution in [2.75, 3.05) is 10.9 Å². The van der Waals surface area contributed by atoms with Gasteiger partial charge in [0.25, 0.3) is 10.0 Å². The quantitative estimate of drug-likeness (QED) is 0.165. The highest BCUT2D eigenvalue weighted by Crippen LogP contribution is 2.34. The van der Waals surface area contributed by atoms with Gasteiger partial charge in [0.1, 0.15) is 10.6 Å². The summed E-state index contributed by atoms with van der Waals surface area (Å²) in [5, 5.41) is 12.7. The molecule has 0 spiro atoms. The summed E-state index contributed by atoms with van der Waals surface area (Å²) in [6.45, 7) is 4.01. The van der Waals surface area contributed by atoms with Crippen molar-refractivity contribution >= 4 is 39.5 Å². The zero-order chi connectivity index (χ0) is 27.7. The molecule has 0 saturated heterocycles. The predicted molar refractivity (Wildman–Crippen MR) is 151 cm³/mol. The minimum atomic E-state index is -4.06. The number of ether oxygens (including phenoxy) is 1. The highest BCUT2D eigenvalue weighted by Gasteiger charge is 2.31. The number of nitrogens with two attached hydrogens (primary N) is 1. The largest absolute Gasteiger partial charge is 0.493 e. The van der Waals surface area contributed by atoms with Crippen molar-refractivity contribution in [3.05, 3.63) is 88.4 Å². The Labute approximate surface area is 228 Å². The molecular weight excluding hydrogens is 526 g/mol. The van der Waals surface area contributed by atoms with Gasteiger partial charge in [0.15, 0.2) is 0 Å². The number of hydrogen-bond acceptors (Lipinski definition) is 6. The fourth-order valence-electron chi connectivity index (χ4n) is 4.14. The summed E-state index contributed by atoms with van der Waals surface area (Å²) < 4.78 is 35.0. The second-order valence-corrected chi connectivity index (χ2v) is 11.2. The number of hydrogen-bond donors (Lipinski definition) is 2. The number of aliphatic carboxylic acids is 1. The lowest BCUT2D eigenvalue weighted by Crippen LogP contribution is -2.39. The maximum atomic E-state index is 13.9. The van der Waals surface area contributed by atoms with E-state index < -0.39 is 22.0 Å². The summed E-state index contributed by atoms with van der Waals surface area (Å²) in [7, 11) is -4.06. The molecule has 0 aliphatic heterocycles. The van der Waals surface area contributed by atoms with Gasteiger partial charge >= 0.3 is 5.97 Å². The number of anilines is 1. The van der Waals surface area contributed by atoms with Crippen molar-refractivity contribution in [1.29, 1.82) is 0 Å². The summed E-state index contributed by atoms with van der Waals surface area (Å²) in [6.07, 6.45) is 2.85. The van der Waals surface area contributed by atoms with E-state index in [1.165, 1.54) is 16.4 Å². The normalized spacial score (nSPS) is 12.4. The molecule has 0 bridgehead atoms. The van der Waals surface area contributed by atoms with E-state index in [0.29, 0.717) is 37.3 Å². The minimum absolute atomic E-state index is 0.0150. The number of sulfonamides is 1. The van der Waals surface area contributed by atoms with Crippen LogP contribution in [0.4, 0.5) is 5.69 Å². The van der Waals surface area contributed by atoms with E-state index in [9.17, 15) is 13.2 Å². The van der Waals surface area contributed by atoms with Crippen LogP contribution in [-0.4, -0.2) is 38.4 Å². The molecule has 8 nitrogen and oxygen atoms in total. The lowest BCUT2D eigenvalue weighted by molar-refractivity contribution is -0.137. The minimum Gasteiger partial charge on any atom is -0.493 e. The second-order valence-electron chi connectivity index (χ2n) is 8.99. The van der Waals surface area contributed by atoms with Crippen LogP contribution in [0.25, 0.3) is 0 Å². The van der Waals surface area contributed by atoms with Gasteiger partial charge in [-0.1, -0.05) is 48.0 Å². The molecule has 0 radical (unpaired) electrons. The Morgan fingerprint density at radius 3 is 2.53 bits per heavy atom. The Morgan fingerprint density at radius 1 is 1.16 bits per heavy atom. The van der Waals surface area contributed by atoms with E-state index in [-0.39, 0.29) is 16.3 Å². The molecule has 10 heteroatoms. The number of nitrogens with zero attached hydrogens (tertiary/aromatic N) is 2. The molecule has 0 fully saturated rings. The monoisotopic (exact) mass is 557 g/mol. The third-order valence-electron chi connectivity index (χ3n) is 5.94. The second kappa shape index (κ2) is 13.3. The van der Waals surface area contributed by atoms with Crippen LogP contribution in [0.1, 0.15) is 42.9 Å². The van der Waals surface area contributed by atoms with E-state index in [2.05, 4.69) is 5.10 Å². The van der Waals surface area contributed by atoms with Crippen LogP contribution in [0, 0.1) is 6.92 Å². The first-order valence-corrected chi connectivity index (χ1v) is 14.0.